The largest absolute Gasteiger partial charge is 0.465 e. The number of benzene rings is 1. The Bertz CT molecular complexity index is 594. The van der Waals surface area contributed by atoms with Gasteiger partial charge in [-0.3, -0.25) is 4.90 Å². The van der Waals surface area contributed by atoms with E-state index in [1.807, 2.05) is 19.1 Å². The third-order valence-electron chi connectivity index (χ3n) is 4.73. The van der Waals surface area contributed by atoms with E-state index in [0.717, 1.165) is 37.1 Å². The number of nitrogens with zero attached hydrogens (tertiary/aromatic N) is 1. The average Bonchev–Trinajstić information content (AvgIpc) is 2.97. The van der Waals surface area contributed by atoms with Crippen molar-refractivity contribution in [3.05, 3.63) is 59.0 Å². The quantitative estimate of drug-likeness (QED) is 0.870. The molecule has 1 aliphatic rings. The Hall–Kier alpha value is -1.58. The Morgan fingerprint density at radius 3 is 2.35 bits per heavy atom. The first-order valence-electron chi connectivity index (χ1n) is 8.75. The molecule has 1 saturated heterocycles. The van der Waals surface area contributed by atoms with Gasteiger partial charge in [-0.05, 0) is 62.0 Å². The van der Waals surface area contributed by atoms with Gasteiger partial charge in [0.1, 0.15) is 11.5 Å². The Labute approximate surface area is 139 Å². The van der Waals surface area contributed by atoms with E-state index < -0.39 is 0 Å². The smallest absolute Gasteiger partial charge is 0.117 e. The number of piperidine rings is 1. The minimum atomic E-state index is 0.779. The first kappa shape index (κ1) is 16.3. The summed E-state index contributed by atoms with van der Waals surface area (Å²) in [6, 6.07) is 13.1. The van der Waals surface area contributed by atoms with Gasteiger partial charge in [-0.1, -0.05) is 31.2 Å². The van der Waals surface area contributed by atoms with Gasteiger partial charge < -0.3 is 9.73 Å². The molecule has 0 radical (unpaired) electrons. The second-order valence-electron chi connectivity index (χ2n) is 6.89. The average molecular weight is 312 g/mol. The van der Waals surface area contributed by atoms with Gasteiger partial charge in [0, 0.05) is 13.1 Å². The van der Waals surface area contributed by atoms with Crippen LogP contribution in [0.3, 0.4) is 0 Å². The van der Waals surface area contributed by atoms with Crippen LogP contribution in [0.25, 0.3) is 0 Å². The summed E-state index contributed by atoms with van der Waals surface area (Å²) in [5, 5.41) is 3.43. The number of aryl methyl sites for hydroxylation is 1. The van der Waals surface area contributed by atoms with Crippen LogP contribution in [0.5, 0.6) is 0 Å². The lowest BCUT2D eigenvalue weighted by Gasteiger charge is -2.30. The molecule has 2 heterocycles. The van der Waals surface area contributed by atoms with Crippen LogP contribution in [0.1, 0.15) is 42.4 Å². The summed E-state index contributed by atoms with van der Waals surface area (Å²) in [5.74, 6) is 2.87. The molecule has 1 aromatic heterocycles. The van der Waals surface area contributed by atoms with E-state index in [2.05, 4.69) is 41.4 Å². The van der Waals surface area contributed by atoms with Crippen molar-refractivity contribution in [2.24, 2.45) is 5.92 Å². The predicted molar refractivity (Wildman–Crippen MR) is 94.1 cm³/mol. The predicted octanol–water partition coefficient (Wildman–Crippen LogP) is 4.11. The number of rotatable bonds is 6. The van der Waals surface area contributed by atoms with E-state index in [-0.39, 0.29) is 0 Å². The van der Waals surface area contributed by atoms with Crippen molar-refractivity contribution in [1.82, 2.24) is 10.2 Å². The third-order valence-corrected chi connectivity index (χ3v) is 4.73. The summed E-state index contributed by atoms with van der Waals surface area (Å²) in [6.45, 7) is 9.57. The standard InChI is InChI=1S/C20H28N2O/c1-16-9-11-22(12-10-16)15-19-6-4-18(5-7-19)13-21-14-20-8-3-17(2)23-20/h3-8,16,21H,9-15H2,1-2H3. The molecule has 0 amide bonds. The van der Waals surface area contributed by atoms with Crippen molar-refractivity contribution in [2.75, 3.05) is 13.1 Å². The fraction of sp³-hybridized carbons (Fsp3) is 0.500. The molecule has 0 aliphatic carbocycles. The van der Waals surface area contributed by atoms with Crippen molar-refractivity contribution in [1.29, 1.82) is 0 Å². The number of nitrogens with one attached hydrogen (secondary N) is 1. The topological polar surface area (TPSA) is 28.4 Å². The minimum Gasteiger partial charge on any atom is -0.465 e. The van der Waals surface area contributed by atoms with E-state index >= 15 is 0 Å². The maximum Gasteiger partial charge on any atom is 0.117 e. The molecule has 124 valence electrons. The second-order valence-corrected chi connectivity index (χ2v) is 6.89. The fourth-order valence-electron chi connectivity index (χ4n) is 3.15. The molecule has 1 N–H and O–H groups in total. The van der Waals surface area contributed by atoms with Gasteiger partial charge >= 0.3 is 0 Å². The highest BCUT2D eigenvalue weighted by Crippen LogP contribution is 2.18. The van der Waals surface area contributed by atoms with Gasteiger partial charge in [-0.2, -0.15) is 0 Å². The zero-order valence-electron chi connectivity index (χ0n) is 14.3. The van der Waals surface area contributed by atoms with E-state index in [4.69, 9.17) is 4.42 Å². The second kappa shape index (κ2) is 7.80. The monoisotopic (exact) mass is 312 g/mol. The molecule has 0 unspecified atom stereocenters. The molecular formula is C20H28N2O. The van der Waals surface area contributed by atoms with Crippen molar-refractivity contribution < 1.29 is 4.42 Å². The van der Waals surface area contributed by atoms with Crippen molar-refractivity contribution in [2.45, 2.75) is 46.3 Å². The van der Waals surface area contributed by atoms with Gasteiger partial charge in [0.05, 0.1) is 6.54 Å². The lowest BCUT2D eigenvalue weighted by atomic mass is 9.99. The first-order valence-corrected chi connectivity index (χ1v) is 8.75. The summed E-state index contributed by atoms with van der Waals surface area (Å²) in [6.07, 6.45) is 2.68. The molecule has 3 heteroatoms. The van der Waals surface area contributed by atoms with Crippen LogP contribution in [0.4, 0.5) is 0 Å². The van der Waals surface area contributed by atoms with Crippen LogP contribution in [-0.2, 0) is 19.6 Å². The summed E-state index contributed by atoms with van der Waals surface area (Å²) in [5.41, 5.74) is 2.74. The zero-order chi connectivity index (χ0) is 16.1. The Morgan fingerprint density at radius 2 is 1.70 bits per heavy atom. The molecule has 3 rings (SSSR count). The third kappa shape index (κ3) is 4.95. The molecule has 3 nitrogen and oxygen atoms in total. The maximum atomic E-state index is 5.56. The highest BCUT2D eigenvalue weighted by molar-refractivity contribution is 5.22. The number of furan rings is 1. The van der Waals surface area contributed by atoms with Crippen LogP contribution in [0.2, 0.25) is 0 Å². The highest BCUT2D eigenvalue weighted by Gasteiger charge is 2.15. The summed E-state index contributed by atoms with van der Waals surface area (Å²) < 4.78 is 5.56. The zero-order valence-corrected chi connectivity index (χ0v) is 14.3. The van der Waals surface area contributed by atoms with Crippen molar-refractivity contribution in [3.8, 4) is 0 Å². The Kier molecular flexibility index (Phi) is 5.52. The maximum absolute atomic E-state index is 5.56. The van der Waals surface area contributed by atoms with Crippen molar-refractivity contribution in [3.63, 3.8) is 0 Å². The molecule has 0 bridgehead atoms. The normalized spacial score (nSPS) is 16.8. The molecule has 0 spiro atoms. The van der Waals surface area contributed by atoms with Crippen LogP contribution >= 0.6 is 0 Å². The van der Waals surface area contributed by atoms with E-state index in [9.17, 15) is 0 Å². The number of likely N-dealkylation sites (tertiary alicyclic amines) is 1. The van der Waals surface area contributed by atoms with Gasteiger partial charge in [0.15, 0.2) is 0 Å². The van der Waals surface area contributed by atoms with Crippen LogP contribution in [0, 0.1) is 12.8 Å². The van der Waals surface area contributed by atoms with Gasteiger partial charge in [-0.25, -0.2) is 0 Å². The van der Waals surface area contributed by atoms with Gasteiger partial charge in [0.2, 0.25) is 0 Å². The summed E-state index contributed by atoms with van der Waals surface area (Å²) in [4.78, 5) is 2.58. The summed E-state index contributed by atoms with van der Waals surface area (Å²) >= 11 is 0. The molecule has 0 atom stereocenters. The van der Waals surface area contributed by atoms with Crippen LogP contribution in [0.15, 0.2) is 40.8 Å². The molecule has 23 heavy (non-hydrogen) atoms. The Morgan fingerprint density at radius 1 is 1.00 bits per heavy atom. The first-order chi connectivity index (χ1) is 11.2. The van der Waals surface area contributed by atoms with E-state index in [1.54, 1.807) is 0 Å². The lowest BCUT2D eigenvalue weighted by molar-refractivity contribution is 0.185. The number of hydrogen-bond donors (Lipinski definition) is 1. The van der Waals surface area contributed by atoms with Crippen LogP contribution < -0.4 is 5.32 Å². The Balaban J connectivity index is 1.43. The minimum absolute atomic E-state index is 0.779. The molecular weight excluding hydrogens is 284 g/mol. The lowest BCUT2D eigenvalue weighted by Crippen LogP contribution is -2.32. The summed E-state index contributed by atoms with van der Waals surface area (Å²) in [7, 11) is 0. The number of hydrogen-bond acceptors (Lipinski definition) is 3. The van der Waals surface area contributed by atoms with Crippen molar-refractivity contribution >= 4 is 0 Å². The SMILES string of the molecule is Cc1ccc(CNCc2ccc(CN3CCC(C)CC3)cc2)o1. The molecule has 1 aromatic carbocycles. The molecule has 2 aromatic rings. The van der Waals surface area contributed by atoms with E-state index in [0.29, 0.717) is 0 Å². The highest BCUT2D eigenvalue weighted by atomic mass is 16.3. The fourth-order valence-corrected chi connectivity index (χ4v) is 3.15. The molecule has 1 fully saturated rings. The van der Waals surface area contributed by atoms with Gasteiger partial charge in [-0.15, -0.1) is 0 Å². The molecule has 1 aliphatic heterocycles. The van der Waals surface area contributed by atoms with E-state index in [1.165, 1.54) is 37.1 Å². The molecule has 0 saturated carbocycles. The van der Waals surface area contributed by atoms with Crippen LogP contribution in [-0.4, -0.2) is 18.0 Å². The van der Waals surface area contributed by atoms with Gasteiger partial charge in [0.25, 0.3) is 0 Å².